The largest absolute Gasteiger partial charge is 0.440 e. The topological polar surface area (TPSA) is 86.3 Å². The summed E-state index contributed by atoms with van der Waals surface area (Å²) < 4.78 is 23.0. The molecule has 0 spiro atoms. The lowest BCUT2D eigenvalue weighted by atomic mass is 10.2. The first-order chi connectivity index (χ1) is 16.5. The van der Waals surface area contributed by atoms with Crippen molar-refractivity contribution < 1.29 is 9.13 Å². The van der Waals surface area contributed by atoms with Crippen LogP contribution < -0.4 is 15.6 Å². The number of aromatic nitrogens is 4. The van der Waals surface area contributed by atoms with E-state index >= 15 is 0 Å². The van der Waals surface area contributed by atoms with Crippen LogP contribution in [0, 0.1) is 0 Å². The van der Waals surface area contributed by atoms with Crippen molar-refractivity contribution in [1.29, 1.82) is 0 Å². The molecule has 4 aromatic rings. The lowest BCUT2D eigenvalue weighted by Crippen LogP contribution is -2.23. The molecule has 1 N–H and O–H groups in total. The standard InChI is InChI=1S/C24H20ClFN6O2/c1-31-14-28-21-20(31)22(33)30-24(32(21)13-15-4-6-16(25)7-5-15)29-17-8-10-18(11-9-17)34-23-19(26)3-2-12-27-23/h2,4-12,14,19H,3,13H2,1H3,(H,29,30,33)/t19-/m0/s1. The Morgan fingerprint density at radius 1 is 1.18 bits per heavy atom. The van der Waals surface area contributed by atoms with Crippen LogP contribution in [0.25, 0.3) is 11.2 Å². The van der Waals surface area contributed by atoms with E-state index in [-0.39, 0.29) is 17.9 Å². The Labute approximate surface area is 199 Å². The van der Waals surface area contributed by atoms with Crippen LogP contribution in [0.5, 0.6) is 5.75 Å². The van der Waals surface area contributed by atoms with Crippen molar-refractivity contribution >= 4 is 40.3 Å². The first-order valence-corrected chi connectivity index (χ1v) is 10.9. The average molecular weight is 479 g/mol. The smallest absolute Gasteiger partial charge is 0.300 e. The second-order valence-corrected chi connectivity index (χ2v) is 8.22. The van der Waals surface area contributed by atoms with Crippen molar-refractivity contribution in [3.8, 4) is 5.75 Å². The third-order valence-electron chi connectivity index (χ3n) is 5.34. The number of imidazole rings is 1. The predicted octanol–water partition coefficient (Wildman–Crippen LogP) is 4.61. The Bertz CT molecular complexity index is 1460. The monoisotopic (exact) mass is 478 g/mol. The van der Waals surface area contributed by atoms with Gasteiger partial charge in [0.15, 0.2) is 17.3 Å². The number of hydrogen-bond acceptors (Lipinski definition) is 6. The highest BCUT2D eigenvalue weighted by molar-refractivity contribution is 6.30. The van der Waals surface area contributed by atoms with Crippen molar-refractivity contribution in [3.63, 3.8) is 0 Å². The molecule has 0 saturated carbocycles. The van der Waals surface area contributed by atoms with Gasteiger partial charge >= 0.3 is 5.56 Å². The van der Waals surface area contributed by atoms with E-state index in [1.165, 1.54) is 6.20 Å². The van der Waals surface area contributed by atoms with Gasteiger partial charge in [-0.1, -0.05) is 29.8 Å². The normalized spacial score (nSPS) is 15.4. The maximum atomic E-state index is 13.9. The van der Waals surface area contributed by atoms with Gasteiger partial charge in [0.2, 0.25) is 11.8 Å². The van der Waals surface area contributed by atoms with E-state index in [0.717, 1.165) is 5.56 Å². The summed E-state index contributed by atoms with van der Waals surface area (Å²) in [5.41, 5.74) is 2.17. The number of alkyl halides is 1. The summed E-state index contributed by atoms with van der Waals surface area (Å²) in [7, 11) is 1.76. The van der Waals surface area contributed by atoms with E-state index in [1.54, 1.807) is 48.3 Å². The lowest BCUT2D eigenvalue weighted by Gasteiger charge is -2.16. The molecule has 0 unspecified atom stereocenters. The maximum absolute atomic E-state index is 13.9. The lowest BCUT2D eigenvalue weighted by molar-refractivity contribution is 0.368. The van der Waals surface area contributed by atoms with Crippen LogP contribution in [0.3, 0.4) is 0 Å². The summed E-state index contributed by atoms with van der Waals surface area (Å²) in [6, 6.07) is 14.3. The van der Waals surface area contributed by atoms with Gasteiger partial charge in [0.1, 0.15) is 5.75 Å². The molecule has 0 amide bonds. The first-order valence-electron chi connectivity index (χ1n) is 10.6. The summed E-state index contributed by atoms with van der Waals surface area (Å²) >= 11 is 6.02. The van der Waals surface area contributed by atoms with Crippen molar-refractivity contribution in [1.82, 2.24) is 19.1 Å². The molecular formula is C24H20ClFN6O2. The number of aliphatic imine (C=N–C) groups is 1. The highest BCUT2D eigenvalue weighted by Crippen LogP contribution is 2.23. The number of nitrogens with zero attached hydrogens (tertiary/aromatic N) is 5. The summed E-state index contributed by atoms with van der Waals surface area (Å²) in [6.07, 6.45) is 3.74. The number of rotatable bonds is 5. The number of fused-ring (bicyclic) bond motifs is 1. The van der Waals surface area contributed by atoms with E-state index in [1.807, 2.05) is 28.8 Å². The van der Waals surface area contributed by atoms with Crippen LogP contribution in [0.2, 0.25) is 5.02 Å². The molecule has 2 aromatic carbocycles. The highest BCUT2D eigenvalue weighted by atomic mass is 35.5. The van der Waals surface area contributed by atoms with Crippen molar-refractivity contribution in [2.24, 2.45) is 12.0 Å². The number of allylic oxidation sites excluding steroid dienone is 1. The molecule has 172 valence electrons. The van der Waals surface area contributed by atoms with Gasteiger partial charge in [0.05, 0.1) is 12.9 Å². The Balaban J connectivity index is 1.46. The molecule has 2 aromatic heterocycles. The maximum Gasteiger partial charge on any atom is 0.300 e. The Morgan fingerprint density at radius 2 is 1.94 bits per heavy atom. The molecule has 0 aliphatic carbocycles. The molecule has 3 heterocycles. The van der Waals surface area contributed by atoms with E-state index in [4.69, 9.17) is 16.3 Å². The highest BCUT2D eigenvalue weighted by Gasteiger charge is 2.19. The van der Waals surface area contributed by atoms with Gasteiger partial charge in [-0.25, -0.2) is 14.4 Å². The van der Waals surface area contributed by atoms with Crippen LogP contribution in [-0.2, 0) is 13.6 Å². The summed E-state index contributed by atoms with van der Waals surface area (Å²) in [5.74, 6) is 0.821. The minimum atomic E-state index is -1.26. The van der Waals surface area contributed by atoms with Gasteiger partial charge in [0, 0.05) is 30.4 Å². The second-order valence-electron chi connectivity index (χ2n) is 7.79. The molecule has 8 nitrogen and oxygen atoms in total. The van der Waals surface area contributed by atoms with Gasteiger partial charge in [-0.2, -0.15) is 4.98 Å². The third kappa shape index (κ3) is 4.42. The van der Waals surface area contributed by atoms with Crippen LogP contribution in [0.15, 0.2) is 76.9 Å². The molecular weight excluding hydrogens is 459 g/mol. The zero-order chi connectivity index (χ0) is 23.7. The van der Waals surface area contributed by atoms with Crippen molar-refractivity contribution in [3.05, 3.63) is 88.1 Å². The third-order valence-corrected chi connectivity index (χ3v) is 5.60. The first kappa shape index (κ1) is 21.8. The predicted molar refractivity (Wildman–Crippen MR) is 130 cm³/mol. The molecule has 10 heteroatoms. The molecule has 1 aliphatic heterocycles. The Morgan fingerprint density at radius 3 is 2.68 bits per heavy atom. The van der Waals surface area contributed by atoms with Gasteiger partial charge in [-0.15, -0.1) is 0 Å². The van der Waals surface area contributed by atoms with Gasteiger partial charge < -0.3 is 14.6 Å². The summed E-state index contributed by atoms with van der Waals surface area (Å²) in [5, 5.41) is 3.83. The fourth-order valence-corrected chi connectivity index (χ4v) is 3.75. The van der Waals surface area contributed by atoms with E-state index in [0.29, 0.717) is 40.1 Å². The zero-order valence-electron chi connectivity index (χ0n) is 18.2. The number of aryl methyl sites for hydroxylation is 1. The number of benzene rings is 2. The van der Waals surface area contributed by atoms with Crippen LogP contribution in [-0.4, -0.2) is 31.2 Å². The quantitative estimate of drug-likeness (QED) is 0.452. The second kappa shape index (κ2) is 9.11. The van der Waals surface area contributed by atoms with Crippen LogP contribution in [0.4, 0.5) is 16.0 Å². The zero-order valence-corrected chi connectivity index (χ0v) is 18.9. The summed E-state index contributed by atoms with van der Waals surface area (Å²) in [4.78, 5) is 25.4. The van der Waals surface area contributed by atoms with Gasteiger partial charge in [0.25, 0.3) is 0 Å². The van der Waals surface area contributed by atoms with Gasteiger partial charge in [-0.3, -0.25) is 9.36 Å². The van der Waals surface area contributed by atoms with Crippen LogP contribution in [0.1, 0.15) is 12.0 Å². The number of hydrogen-bond donors (Lipinski definition) is 1. The SMILES string of the molecule is Cn1cnc2c1c(=O)nc(Nc1ccc(OC3=NC=CC[C@@H]3F)cc1)n2Cc1ccc(Cl)cc1. The molecule has 1 atom stereocenters. The van der Waals surface area contributed by atoms with Crippen molar-refractivity contribution in [2.75, 3.05) is 5.32 Å². The van der Waals surface area contributed by atoms with E-state index in [2.05, 4.69) is 20.3 Å². The number of ether oxygens (including phenoxy) is 1. The Hall–Kier alpha value is -3.98. The molecule has 34 heavy (non-hydrogen) atoms. The molecule has 0 bridgehead atoms. The Kier molecular flexibility index (Phi) is 5.85. The van der Waals surface area contributed by atoms with E-state index in [9.17, 15) is 9.18 Å². The molecule has 0 fully saturated rings. The average Bonchev–Trinajstić information content (AvgIpc) is 3.22. The summed E-state index contributed by atoms with van der Waals surface area (Å²) in [6.45, 7) is 0.423. The number of nitrogens with one attached hydrogen (secondary N) is 1. The van der Waals surface area contributed by atoms with E-state index < -0.39 is 6.17 Å². The minimum Gasteiger partial charge on any atom is -0.440 e. The van der Waals surface area contributed by atoms with Crippen LogP contribution >= 0.6 is 11.6 Å². The molecule has 5 rings (SSSR count). The molecule has 0 radical (unpaired) electrons. The fourth-order valence-electron chi connectivity index (χ4n) is 3.62. The van der Waals surface area contributed by atoms with Gasteiger partial charge in [-0.05, 0) is 42.0 Å². The molecule has 0 saturated heterocycles. The minimum absolute atomic E-state index is 0.0299. The molecule has 1 aliphatic rings. The fraction of sp³-hybridized carbons (Fsp3) is 0.167. The number of anilines is 2. The van der Waals surface area contributed by atoms with Crippen molar-refractivity contribution in [2.45, 2.75) is 19.1 Å². The number of halogens is 2.